The summed E-state index contributed by atoms with van der Waals surface area (Å²) < 4.78 is 16.7. The topological polar surface area (TPSA) is 85.9 Å². The van der Waals surface area contributed by atoms with Gasteiger partial charge in [0, 0.05) is 10.5 Å². The van der Waals surface area contributed by atoms with Gasteiger partial charge in [0.1, 0.15) is 5.75 Å². The molecule has 0 aliphatic carbocycles. The SMILES string of the molecule is COc1ccc(C=CC(=O)NNC(=O)COc2ccc(Br)c(C)c2)cc1OC. The van der Waals surface area contributed by atoms with Crippen molar-refractivity contribution in [1.82, 2.24) is 10.9 Å². The van der Waals surface area contributed by atoms with Crippen molar-refractivity contribution in [3.63, 3.8) is 0 Å². The van der Waals surface area contributed by atoms with Crippen LogP contribution < -0.4 is 25.1 Å². The molecule has 2 amide bonds. The van der Waals surface area contributed by atoms with E-state index in [1.54, 1.807) is 37.5 Å². The van der Waals surface area contributed by atoms with Gasteiger partial charge in [0.15, 0.2) is 18.1 Å². The number of rotatable bonds is 7. The van der Waals surface area contributed by atoms with Gasteiger partial charge < -0.3 is 14.2 Å². The molecule has 2 N–H and O–H groups in total. The molecule has 0 heterocycles. The fourth-order valence-electron chi connectivity index (χ4n) is 2.19. The second-order valence-corrected chi connectivity index (χ2v) is 6.54. The van der Waals surface area contributed by atoms with E-state index in [0.717, 1.165) is 15.6 Å². The first-order valence-electron chi connectivity index (χ1n) is 8.31. The van der Waals surface area contributed by atoms with E-state index in [2.05, 4.69) is 26.8 Å². The highest BCUT2D eigenvalue weighted by atomic mass is 79.9. The molecule has 7 nitrogen and oxygen atoms in total. The first-order valence-corrected chi connectivity index (χ1v) is 9.10. The number of carbonyl (C=O) groups is 2. The Hall–Kier alpha value is -3.00. The first kappa shape index (κ1) is 21.3. The van der Waals surface area contributed by atoms with E-state index in [-0.39, 0.29) is 6.61 Å². The Balaban J connectivity index is 1.80. The van der Waals surface area contributed by atoms with Gasteiger partial charge >= 0.3 is 0 Å². The molecule has 28 heavy (non-hydrogen) atoms. The Kier molecular flexibility index (Phi) is 7.88. The maximum Gasteiger partial charge on any atom is 0.276 e. The molecule has 0 fully saturated rings. The van der Waals surface area contributed by atoms with Gasteiger partial charge in [-0.2, -0.15) is 0 Å². The number of methoxy groups -OCH3 is 2. The standard InChI is InChI=1S/C20H21BrN2O5/c1-13-10-15(6-7-16(13)21)28-12-20(25)23-22-19(24)9-5-14-4-8-17(26-2)18(11-14)27-3/h4-11H,12H2,1-3H3,(H,22,24)(H,23,25). The maximum absolute atomic E-state index is 11.8. The van der Waals surface area contributed by atoms with E-state index in [1.165, 1.54) is 13.2 Å². The largest absolute Gasteiger partial charge is 0.493 e. The number of hydrogen-bond acceptors (Lipinski definition) is 5. The number of hydrazine groups is 1. The van der Waals surface area contributed by atoms with Gasteiger partial charge in [-0.25, -0.2) is 0 Å². The lowest BCUT2D eigenvalue weighted by Gasteiger charge is -2.09. The van der Waals surface area contributed by atoms with Crippen molar-refractivity contribution in [2.75, 3.05) is 20.8 Å². The van der Waals surface area contributed by atoms with Crippen LogP contribution in [0.3, 0.4) is 0 Å². The van der Waals surface area contributed by atoms with E-state index in [1.807, 2.05) is 19.1 Å². The molecule has 2 aromatic carbocycles. The van der Waals surface area contributed by atoms with Gasteiger partial charge in [0.05, 0.1) is 14.2 Å². The highest BCUT2D eigenvalue weighted by molar-refractivity contribution is 9.10. The number of ether oxygens (including phenoxy) is 3. The molecule has 8 heteroatoms. The average Bonchev–Trinajstić information content (AvgIpc) is 2.71. The van der Waals surface area contributed by atoms with Crippen molar-refractivity contribution in [2.24, 2.45) is 0 Å². The minimum atomic E-state index is -0.484. The third kappa shape index (κ3) is 6.31. The normalized spacial score (nSPS) is 10.4. The van der Waals surface area contributed by atoms with Crippen LogP contribution in [0.5, 0.6) is 17.2 Å². The van der Waals surface area contributed by atoms with Crippen LogP contribution in [-0.4, -0.2) is 32.6 Å². The summed E-state index contributed by atoms with van der Waals surface area (Å²) in [6, 6.07) is 10.6. The number of amides is 2. The predicted octanol–water partition coefficient (Wildman–Crippen LogP) is 3.01. The van der Waals surface area contributed by atoms with Crippen LogP contribution in [0.4, 0.5) is 0 Å². The van der Waals surface area contributed by atoms with Gasteiger partial charge in [-0.1, -0.05) is 22.0 Å². The lowest BCUT2D eigenvalue weighted by Crippen LogP contribution is -2.43. The molecule has 0 aliphatic heterocycles. The smallest absolute Gasteiger partial charge is 0.276 e. The first-order chi connectivity index (χ1) is 13.4. The number of aryl methyl sites for hydroxylation is 1. The predicted molar refractivity (Wildman–Crippen MR) is 109 cm³/mol. The third-order valence-corrected chi connectivity index (χ3v) is 4.55. The van der Waals surface area contributed by atoms with Crippen LogP contribution in [-0.2, 0) is 9.59 Å². The fraction of sp³-hybridized carbons (Fsp3) is 0.200. The Morgan fingerprint density at radius 2 is 1.79 bits per heavy atom. The zero-order chi connectivity index (χ0) is 20.5. The van der Waals surface area contributed by atoms with Gasteiger partial charge in [-0.05, 0) is 54.5 Å². The van der Waals surface area contributed by atoms with Gasteiger partial charge in [-0.15, -0.1) is 0 Å². The lowest BCUT2D eigenvalue weighted by molar-refractivity contribution is -0.128. The maximum atomic E-state index is 11.8. The average molecular weight is 449 g/mol. The van der Waals surface area contributed by atoms with E-state index >= 15 is 0 Å². The molecular weight excluding hydrogens is 428 g/mol. The molecule has 2 rings (SSSR count). The summed E-state index contributed by atoms with van der Waals surface area (Å²) in [4.78, 5) is 23.6. The molecule has 0 spiro atoms. The second-order valence-electron chi connectivity index (χ2n) is 5.68. The summed E-state index contributed by atoms with van der Waals surface area (Å²) in [7, 11) is 3.08. The molecule has 0 radical (unpaired) electrons. The number of halogens is 1. The zero-order valence-electron chi connectivity index (χ0n) is 15.7. The highest BCUT2D eigenvalue weighted by Gasteiger charge is 2.06. The van der Waals surface area contributed by atoms with E-state index in [0.29, 0.717) is 17.2 Å². The monoisotopic (exact) mass is 448 g/mol. The van der Waals surface area contributed by atoms with Crippen molar-refractivity contribution >= 4 is 33.8 Å². The Morgan fingerprint density at radius 1 is 1.04 bits per heavy atom. The summed E-state index contributed by atoms with van der Waals surface area (Å²) in [6.07, 6.45) is 2.88. The molecule has 0 bridgehead atoms. The highest BCUT2D eigenvalue weighted by Crippen LogP contribution is 2.27. The van der Waals surface area contributed by atoms with Crippen LogP contribution in [0.2, 0.25) is 0 Å². The third-order valence-electron chi connectivity index (χ3n) is 3.66. The van der Waals surface area contributed by atoms with Crippen LogP contribution in [0.25, 0.3) is 6.08 Å². The van der Waals surface area contributed by atoms with Gasteiger partial charge in [0.25, 0.3) is 11.8 Å². The van der Waals surface area contributed by atoms with Crippen molar-refractivity contribution in [1.29, 1.82) is 0 Å². The summed E-state index contributed by atoms with van der Waals surface area (Å²) in [6.45, 7) is 1.70. The summed E-state index contributed by atoms with van der Waals surface area (Å²) in [5.41, 5.74) is 6.31. The van der Waals surface area contributed by atoms with E-state index < -0.39 is 11.8 Å². The molecule has 0 atom stereocenters. The van der Waals surface area contributed by atoms with Crippen molar-refractivity contribution < 1.29 is 23.8 Å². The second kappa shape index (κ2) is 10.4. The van der Waals surface area contributed by atoms with Gasteiger partial charge in [-0.3, -0.25) is 20.4 Å². The molecule has 148 valence electrons. The van der Waals surface area contributed by atoms with Crippen molar-refractivity contribution in [3.05, 3.63) is 58.1 Å². The molecule has 0 unspecified atom stereocenters. The molecule has 0 aromatic heterocycles. The lowest BCUT2D eigenvalue weighted by atomic mass is 10.2. The summed E-state index contributed by atoms with van der Waals surface area (Å²) in [5.74, 6) is 0.752. The minimum Gasteiger partial charge on any atom is -0.493 e. The molecule has 0 saturated heterocycles. The molecule has 2 aromatic rings. The van der Waals surface area contributed by atoms with Crippen molar-refractivity contribution in [2.45, 2.75) is 6.92 Å². The van der Waals surface area contributed by atoms with Crippen LogP contribution in [0.1, 0.15) is 11.1 Å². The number of nitrogens with one attached hydrogen (secondary N) is 2. The summed E-state index contributed by atoms with van der Waals surface area (Å²) >= 11 is 3.39. The zero-order valence-corrected chi connectivity index (χ0v) is 17.3. The van der Waals surface area contributed by atoms with Crippen molar-refractivity contribution in [3.8, 4) is 17.2 Å². The quantitative estimate of drug-likeness (QED) is 0.502. The molecule has 0 aliphatic rings. The van der Waals surface area contributed by atoms with Gasteiger partial charge in [0.2, 0.25) is 0 Å². The van der Waals surface area contributed by atoms with E-state index in [4.69, 9.17) is 14.2 Å². The number of benzene rings is 2. The molecular formula is C20H21BrN2O5. The molecule has 0 saturated carbocycles. The Morgan fingerprint density at radius 3 is 2.46 bits per heavy atom. The Labute approximate surface area is 171 Å². The van der Waals surface area contributed by atoms with Crippen LogP contribution in [0.15, 0.2) is 46.9 Å². The summed E-state index contributed by atoms with van der Waals surface area (Å²) in [5, 5.41) is 0. The van der Waals surface area contributed by atoms with E-state index in [9.17, 15) is 9.59 Å². The number of carbonyl (C=O) groups excluding carboxylic acids is 2. The number of hydrogen-bond donors (Lipinski definition) is 2. The Bertz CT molecular complexity index is 883. The minimum absolute atomic E-state index is 0.221. The van der Waals surface area contributed by atoms with Crippen LogP contribution >= 0.6 is 15.9 Å². The van der Waals surface area contributed by atoms with Crippen LogP contribution in [0, 0.1) is 6.92 Å². The fourth-order valence-corrected chi connectivity index (χ4v) is 2.44.